The van der Waals surface area contributed by atoms with Crippen LogP contribution in [0.5, 0.6) is 0 Å². The molecule has 0 saturated heterocycles. The molecule has 0 unspecified atom stereocenters. The van der Waals surface area contributed by atoms with Gasteiger partial charge in [-0.05, 0) is 42.4 Å². The zero-order chi connectivity index (χ0) is 30.6. The first-order chi connectivity index (χ1) is 19.8. The van der Waals surface area contributed by atoms with Crippen LogP contribution < -0.4 is 0 Å². The molecule has 41 heavy (non-hydrogen) atoms. The summed E-state index contributed by atoms with van der Waals surface area (Å²) in [6.07, 6.45) is 28.3. The maximum Gasteiger partial charge on any atom is 0.104 e. The average molecular weight is 583 g/mol. The van der Waals surface area contributed by atoms with E-state index in [0.717, 1.165) is 49.7 Å². The van der Waals surface area contributed by atoms with Gasteiger partial charge in [0.15, 0.2) is 0 Å². The Labute approximate surface area is 259 Å². The summed E-state index contributed by atoms with van der Waals surface area (Å²) in [7, 11) is 0. The fourth-order valence-corrected chi connectivity index (χ4v) is 6.07. The molecule has 0 spiro atoms. The van der Waals surface area contributed by atoms with Crippen LogP contribution in [0.25, 0.3) is 0 Å². The van der Waals surface area contributed by atoms with Crippen molar-refractivity contribution in [2.75, 3.05) is 26.4 Å². The van der Waals surface area contributed by atoms with Crippen LogP contribution in [0.2, 0.25) is 0 Å². The van der Waals surface area contributed by atoms with Crippen molar-refractivity contribution < 1.29 is 14.6 Å². The smallest absolute Gasteiger partial charge is 0.104 e. The van der Waals surface area contributed by atoms with Crippen LogP contribution in [0.3, 0.4) is 0 Å². The molecule has 1 N–H and O–H groups in total. The van der Waals surface area contributed by atoms with Gasteiger partial charge in [0.1, 0.15) is 6.10 Å². The first-order valence-corrected chi connectivity index (χ1v) is 18.6. The van der Waals surface area contributed by atoms with Crippen molar-refractivity contribution >= 4 is 0 Å². The lowest BCUT2D eigenvalue weighted by molar-refractivity contribution is -0.0470. The number of unbranched alkanes of at least 4 members (excludes halogenated alkanes) is 8. The van der Waals surface area contributed by atoms with E-state index < -0.39 is 0 Å². The van der Waals surface area contributed by atoms with E-state index in [1.54, 1.807) is 0 Å². The Hall–Kier alpha value is -0.120. The third kappa shape index (κ3) is 29.7. The van der Waals surface area contributed by atoms with E-state index in [4.69, 9.17) is 9.47 Å². The number of hydrogen-bond acceptors (Lipinski definition) is 3. The van der Waals surface area contributed by atoms with Crippen molar-refractivity contribution in [3.8, 4) is 0 Å². The monoisotopic (exact) mass is 583 g/mol. The molecule has 3 heteroatoms. The fraction of sp³-hybridized carbons (Fsp3) is 1.00. The Morgan fingerprint density at radius 1 is 0.463 bits per heavy atom. The van der Waals surface area contributed by atoms with E-state index in [0.29, 0.717) is 12.5 Å². The zero-order valence-corrected chi connectivity index (χ0v) is 29.4. The number of aliphatic hydroxyl groups is 1. The Morgan fingerprint density at radius 3 is 1.37 bits per heavy atom. The molecule has 248 valence electrons. The van der Waals surface area contributed by atoms with Crippen molar-refractivity contribution in [2.45, 2.75) is 189 Å². The Kier molecular flexibility index (Phi) is 29.8. The second kappa shape index (κ2) is 29.9. The summed E-state index contributed by atoms with van der Waals surface area (Å²) < 4.78 is 11.9. The molecular formula is C38H78O3. The highest BCUT2D eigenvalue weighted by molar-refractivity contribution is 4.61. The number of aliphatic hydroxyl groups excluding tert-OH is 1. The predicted octanol–water partition coefficient (Wildman–Crippen LogP) is 11.8. The maximum absolute atomic E-state index is 9.71. The molecule has 5 atom stereocenters. The molecule has 0 aliphatic carbocycles. The van der Waals surface area contributed by atoms with E-state index in [2.05, 4.69) is 48.5 Å². The minimum absolute atomic E-state index is 0.0520. The summed E-state index contributed by atoms with van der Waals surface area (Å²) in [6.45, 7) is 18.6. The minimum atomic E-state index is -0.178. The van der Waals surface area contributed by atoms with Crippen LogP contribution >= 0.6 is 0 Å². The van der Waals surface area contributed by atoms with Gasteiger partial charge in [0, 0.05) is 13.2 Å². The highest BCUT2D eigenvalue weighted by atomic mass is 16.5. The van der Waals surface area contributed by atoms with Crippen LogP contribution in [0.15, 0.2) is 0 Å². The van der Waals surface area contributed by atoms with Crippen LogP contribution in [0.1, 0.15) is 183 Å². The van der Waals surface area contributed by atoms with Crippen molar-refractivity contribution in [3.05, 3.63) is 0 Å². The molecule has 0 radical (unpaired) electrons. The molecule has 0 aliphatic rings. The van der Waals surface area contributed by atoms with Gasteiger partial charge in [-0.25, -0.2) is 0 Å². The molecule has 0 saturated carbocycles. The zero-order valence-electron chi connectivity index (χ0n) is 29.4. The van der Waals surface area contributed by atoms with Gasteiger partial charge in [-0.2, -0.15) is 0 Å². The molecule has 0 aromatic rings. The van der Waals surface area contributed by atoms with Crippen LogP contribution in [-0.2, 0) is 9.47 Å². The third-order valence-electron chi connectivity index (χ3n) is 9.27. The molecule has 0 rings (SSSR count). The van der Waals surface area contributed by atoms with Gasteiger partial charge in [0.25, 0.3) is 0 Å². The second-order valence-electron chi connectivity index (χ2n) is 14.6. The maximum atomic E-state index is 9.71. The Bertz CT molecular complexity index is 508. The minimum Gasteiger partial charge on any atom is -0.394 e. The quantitative estimate of drug-likeness (QED) is 0.0802. The molecule has 0 aliphatic heterocycles. The predicted molar refractivity (Wildman–Crippen MR) is 182 cm³/mol. The second-order valence-corrected chi connectivity index (χ2v) is 14.6. The molecule has 0 amide bonds. The van der Waals surface area contributed by atoms with E-state index in [9.17, 15) is 5.11 Å². The summed E-state index contributed by atoms with van der Waals surface area (Å²) in [6, 6.07) is 0. The molecule has 0 fully saturated rings. The van der Waals surface area contributed by atoms with Gasteiger partial charge in [-0.1, -0.05) is 170 Å². The fourth-order valence-electron chi connectivity index (χ4n) is 6.07. The van der Waals surface area contributed by atoms with Gasteiger partial charge >= 0.3 is 0 Å². The first-order valence-electron chi connectivity index (χ1n) is 18.6. The number of ether oxygens (including phenoxy) is 2. The van der Waals surface area contributed by atoms with E-state index in [-0.39, 0.29) is 12.7 Å². The SMILES string of the molecule is CCC[C@H](C)CCCCCCC[C@H](C)CCOC[C@@H](CO)OCC[C@H](C)CCC[C@@H](C)CCCCCCCC(C)C. The van der Waals surface area contributed by atoms with Gasteiger partial charge in [0.2, 0.25) is 0 Å². The summed E-state index contributed by atoms with van der Waals surface area (Å²) in [5.74, 6) is 4.05. The number of rotatable bonds is 32. The normalized spacial score (nSPS) is 15.7. The highest BCUT2D eigenvalue weighted by Gasteiger charge is 2.11. The summed E-state index contributed by atoms with van der Waals surface area (Å²) in [5.41, 5.74) is 0. The summed E-state index contributed by atoms with van der Waals surface area (Å²) in [4.78, 5) is 0. The van der Waals surface area contributed by atoms with E-state index >= 15 is 0 Å². The first kappa shape index (κ1) is 40.9. The van der Waals surface area contributed by atoms with Crippen LogP contribution in [-0.4, -0.2) is 37.6 Å². The summed E-state index contributed by atoms with van der Waals surface area (Å²) in [5, 5.41) is 9.71. The molecule has 0 bridgehead atoms. The largest absolute Gasteiger partial charge is 0.394 e. The Morgan fingerprint density at radius 2 is 0.878 bits per heavy atom. The van der Waals surface area contributed by atoms with Crippen molar-refractivity contribution in [2.24, 2.45) is 29.6 Å². The lowest BCUT2D eigenvalue weighted by Gasteiger charge is -2.19. The average Bonchev–Trinajstić information content (AvgIpc) is 2.93. The lowest BCUT2D eigenvalue weighted by atomic mass is 9.93. The van der Waals surface area contributed by atoms with Crippen molar-refractivity contribution in [1.82, 2.24) is 0 Å². The van der Waals surface area contributed by atoms with Crippen molar-refractivity contribution in [1.29, 1.82) is 0 Å². The Balaban J connectivity index is 3.63. The van der Waals surface area contributed by atoms with Crippen LogP contribution in [0, 0.1) is 29.6 Å². The number of hydrogen-bond donors (Lipinski definition) is 1. The molecule has 0 aromatic carbocycles. The standard InChI is InChI=1S/C38H78O3/c1-8-20-34(4)22-16-13-10-14-18-24-36(6)27-29-40-32-38(31-39)41-30-28-37(7)26-19-25-35(5)23-17-12-9-11-15-21-33(2)3/h33-39H,8-32H2,1-7H3/t34-,35-,36-,37+,38+/m0/s1. The van der Waals surface area contributed by atoms with Gasteiger partial charge in [-0.3, -0.25) is 0 Å². The molecule has 0 heterocycles. The topological polar surface area (TPSA) is 38.7 Å². The van der Waals surface area contributed by atoms with Gasteiger partial charge in [0.05, 0.1) is 13.2 Å². The van der Waals surface area contributed by atoms with Gasteiger partial charge < -0.3 is 14.6 Å². The van der Waals surface area contributed by atoms with Crippen LogP contribution in [0.4, 0.5) is 0 Å². The highest BCUT2D eigenvalue weighted by Crippen LogP contribution is 2.21. The van der Waals surface area contributed by atoms with E-state index in [1.165, 1.54) is 122 Å². The lowest BCUT2D eigenvalue weighted by Crippen LogP contribution is -2.25. The van der Waals surface area contributed by atoms with E-state index in [1.807, 2.05) is 0 Å². The third-order valence-corrected chi connectivity index (χ3v) is 9.27. The molecular weight excluding hydrogens is 504 g/mol. The van der Waals surface area contributed by atoms with Gasteiger partial charge in [-0.15, -0.1) is 0 Å². The molecule has 3 nitrogen and oxygen atoms in total. The summed E-state index contributed by atoms with van der Waals surface area (Å²) >= 11 is 0. The van der Waals surface area contributed by atoms with Crippen molar-refractivity contribution in [3.63, 3.8) is 0 Å². The molecule has 0 aromatic heterocycles.